The predicted molar refractivity (Wildman–Crippen MR) is 234 cm³/mol. The van der Waals surface area contributed by atoms with Gasteiger partial charge in [-0.15, -0.1) is 17.7 Å². The van der Waals surface area contributed by atoms with Crippen molar-refractivity contribution in [3.63, 3.8) is 0 Å². The van der Waals surface area contributed by atoms with Crippen LogP contribution in [0, 0.1) is 34.4 Å². The molecule has 6 aromatic rings. The fourth-order valence-corrected chi connectivity index (χ4v) is 7.55. The van der Waals surface area contributed by atoms with E-state index < -0.39 is 0 Å². The number of benzene rings is 5. The SMILES string of the molecule is CC(C)c1cccc(C(C)C)c1N1[CH-]N(c2cc(C(C)(C)C)cc(C(C)(C)C)c2)C(c2ccccc2)=N1.Cc1cc(C)c2[n-]c3c(C)cc(C)cc3c2c1.[Au]. The summed E-state index contributed by atoms with van der Waals surface area (Å²) in [4.78, 5) is 7.08. The summed E-state index contributed by atoms with van der Waals surface area (Å²) in [5, 5.41) is 9.99. The Bertz CT molecular complexity index is 2210. The molecule has 0 atom stereocenters. The van der Waals surface area contributed by atoms with Crippen LogP contribution in [0.2, 0.25) is 0 Å². The Hall–Kier alpha value is -4.09. The predicted octanol–water partition coefficient (Wildman–Crippen LogP) is 13.5. The molecule has 0 fully saturated rings. The number of hydrogen-bond acceptors (Lipinski definition) is 3. The molecule has 0 N–H and O–H groups in total. The van der Waals surface area contributed by atoms with Crippen LogP contribution in [0.4, 0.5) is 11.4 Å². The zero-order valence-electron chi connectivity index (χ0n) is 35.5. The van der Waals surface area contributed by atoms with E-state index in [9.17, 15) is 0 Å². The molecule has 7 rings (SSSR count). The van der Waals surface area contributed by atoms with Crippen LogP contribution >= 0.6 is 0 Å². The van der Waals surface area contributed by atoms with E-state index in [0.29, 0.717) is 11.8 Å². The van der Waals surface area contributed by atoms with Crippen molar-refractivity contribution in [1.82, 2.24) is 4.98 Å². The Morgan fingerprint density at radius 1 is 0.600 bits per heavy atom. The van der Waals surface area contributed by atoms with Gasteiger partial charge in [-0.3, -0.25) is 0 Å². The van der Waals surface area contributed by atoms with Crippen LogP contribution in [0.25, 0.3) is 21.8 Å². The molecular weight excluding hydrogens is 854 g/mol. The van der Waals surface area contributed by atoms with Crippen LogP contribution in [-0.4, -0.2) is 5.84 Å². The molecule has 1 aliphatic heterocycles. The van der Waals surface area contributed by atoms with Gasteiger partial charge in [0.25, 0.3) is 0 Å². The molecule has 4 nitrogen and oxygen atoms in total. The van der Waals surface area contributed by atoms with E-state index in [1.807, 2.05) is 0 Å². The Morgan fingerprint density at radius 2 is 1.07 bits per heavy atom. The second kappa shape index (κ2) is 16.2. The first-order chi connectivity index (χ1) is 25.3. The molecule has 1 radical (unpaired) electrons. The minimum atomic E-state index is 0. The van der Waals surface area contributed by atoms with Crippen molar-refractivity contribution in [3.05, 3.63) is 148 Å². The number of hydrogen-bond donors (Lipinski definition) is 0. The monoisotopic (exact) mass is 913 g/mol. The third-order valence-corrected chi connectivity index (χ3v) is 10.6. The van der Waals surface area contributed by atoms with Gasteiger partial charge in [0.05, 0.1) is 0 Å². The Morgan fingerprint density at radius 3 is 1.51 bits per heavy atom. The Balaban J connectivity index is 0.000000268. The van der Waals surface area contributed by atoms with Gasteiger partial charge in [0.2, 0.25) is 0 Å². The fourth-order valence-electron chi connectivity index (χ4n) is 7.55. The van der Waals surface area contributed by atoms with E-state index in [0.717, 1.165) is 28.1 Å². The summed E-state index contributed by atoms with van der Waals surface area (Å²) in [7, 11) is 0. The summed E-state index contributed by atoms with van der Waals surface area (Å²) in [6.45, 7) is 33.6. The van der Waals surface area contributed by atoms with Crippen molar-refractivity contribution in [2.24, 2.45) is 5.10 Å². The van der Waals surface area contributed by atoms with E-state index in [4.69, 9.17) is 10.1 Å². The number of rotatable bonds is 5. The number of aryl methyl sites for hydroxylation is 4. The van der Waals surface area contributed by atoms with Crippen LogP contribution in [0.3, 0.4) is 0 Å². The number of fused-ring (bicyclic) bond motifs is 3. The van der Waals surface area contributed by atoms with E-state index >= 15 is 0 Å². The zero-order valence-corrected chi connectivity index (χ0v) is 37.6. The zero-order chi connectivity index (χ0) is 39.3. The average Bonchev–Trinajstić information content (AvgIpc) is 3.71. The van der Waals surface area contributed by atoms with Gasteiger partial charge >= 0.3 is 0 Å². The molecule has 1 aliphatic rings. The molecule has 0 saturated heterocycles. The molecular formula is C50H60AuN4-2. The first-order valence-corrected chi connectivity index (χ1v) is 19.6. The van der Waals surface area contributed by atoms with E-state index in [2.05, 4.69) is 205 Å². The summed E-state index contributed by atoms with van der Waals surface area (Å²) in [6, 6.07) is 33.2. The molecule has 0 spiro atoms. The minimum Gasteiger partial charge on any atom is -0.656 e. The standard InChI is InChI=1S/C34H44N3.C16H16N.Au/c1-23(2)29-17-14-18-30(24(3)4)31(29)37-22-36(32(35-37)25-15-12-11-13-16-25)28-20-26(33(5,6)7)19-27(21-28)34(8,9)10;1-9-5-11(3)15-13(7-9)14-8-10(2)6-12(4)16(14)17-15;/h11-24H,1-10H3;5-8H,1-4H3;/q2*-1;. The number of aromatic nitrogens is 1. The summed E-state index contributed by atoms with van der Waals surface area (Å²) in [5.41, 5.74) is 16.3. The fraction of sp³-hybridized carbons (Fsp3) is 0.360. The molecule has 0 unspecified atom stereocenters. The third kappa shape index (κ3) is 8.83. The maximum Gasteiger partial charge on any atom is 0.129 e. The normalized spacial score (nSPS) is 13.4. The van der Waals surface area contributed by atoms with Crippen LogP contribution in [-0.2, 0) is 33.2 Å². The van der Waals surface area contributed by atoms with Crippen LogP contribution in [0.1, 0.15) is 131 Å². The van der Waals surface area contributed by atoms with Crippen molar-refractivity contribution in [2.75, 3.05) is 9.91 Å². The van der Waals surface area contributed by atoms with Gasteiger partial charge in [-0.25, -0.2) is 0 Å². The van der Waals surface area contributed by atoms with Gasteiger partial charge < -0.3 is 14.9 Å². The largest absolute Gasteiger partial charge is 0.656 e. The topological polar surface area (TPSA) is 32.9 Å². The van der Waals surface area contributed by atoms with Crippen molar-refractivity contribution < 1.29 is 22.4 Å². The van der Waals surface area contributed by atoms with Gasteiger partial charge in [0.15, 0.2) is 0 Å². The van der Waals surface area contributed by atoms with Crippen LogP contribution in [0.15, 0.2) is 96.1 Å². The molecule has 2 heterocycles. The van der Waals surface area contributed by atoms with Crippen molar-refractivity contribution in [3.8, 4) is 0 Å². The number of nitrogens with zero attached hydrogens (tertiary/aromatic N) is 4. The van der Waals surface area contributed by atoms with Gasteiger partial charge in [-0.2, -0.15) is 5.10 Å². The first kappa shape index (κ1) is 42.1. The second-order valence-corrected chi connectivity index (χ2v) is 18.1. The molecule has 0 amide bonds. The van der Waals surface area contributed by atoms with Crippen LogP contribution in [0.5, 0.6) is 0 Å². The number of anilines is 2. The van der Waals surface area contributed by atoms with Crippen molar-refractivity contribution >= 4 is 39.0 Å². The average molecular weight is 914 g/mol. The smallest absolute Gasteiger partial charge is 0.129 e. The Kier molecular flexibility index (Phi) is 12.4. The van der Waals surface area contributed by atoms with E-state index in [1.54, 1.807) is 0 Å². The van der Waals surface area contributed by atoms with E-state index in [-0.39, 0.29) is 33.2 Å². The molecule has 5 heteroatoms. The van der Waals surface area contributed by atoms with Crippen molar-refractivity contribution in [1.29, 1.82) is 0 Å². The molecule has 0 aliphatic carbocycles. The summed E-state index contributed by atoms with van der Waals surface area (Å²) >= 11 is 0. The van der Waals surface area contributed by atoms with Crippen molar-refractivity contribution in [2.45, 2.75) is 120 Å². The molecule has 55 heavy (non-hydrogen) atoms. The summed E-state index contributed by atoms with van der Waals surface area (Å²) < 4.78 is 0. The second-order valence-electron chi connectivity index (χ2n) is 18.1. The Labute approximate surface area is 346 Å². The number of hydrazone groups is 1. The minimum absolute atomic E-state index is 0. The molecule has 1 aromatic heterocycles. The van der Waals surface area contributed by atoms with Gasteiger partial charge in [0, 0.05) is 39.3 Å². The summed E-state index contributed by atoms with van der Waals surface area (Å²) in [5.74, 6) is 1.73. The third-order valence-electron chi connectivity index (χ3n) is 10.6. The first-order valence-electron chi connectivity index (χ1n) is 19.6. The molecule has 5 aromatic carbocycles. The number of amidine groups is 1. The number of para-hydroxylation sites is 1. The van der Waals surface area contributed by atoms with Gasteiger partial charge in [-0.1, -0.05) is 170 Å². The van der Waals surface area contributed by atoms with Crippen LogP contribution < -0.4 is 14.9 Å². The summed E-state index contributed by atoms with van der Waals surface area (Å²) in [6.07, 6.45) is 0. The van der Waals surface area contributed by atoms with Gasteiger partial charge in [-0.05, 0) is 95.5 Å². The van der Waals surface area contributed by atoms with Gasteiger partial charge in [0.1, 0.15) is 5.84 Å². The van der Waals surface area contributed by atoms with E-state index in [1.165, 1.54) is 61.0 Å². The molecule has 0 saturated carbocycles. The molecule has 0 bridgehead atoms. The maximum atomic E-state index is 5.28. The maximum absolute atomic E-state index is 5.28. The molecule has 293 valence electrons. The quantitative estimate of drug-likeness (QED) is 0.128.